The fourth-order valence-corrected chi connectivity index (χ4v) is 2.84. The van der Waals surface area contributed by atoms with Crippen LogP contribution in [0, 0.1) is 0 Å². The highest BCUT2D eigenvalue weighted by Crippen LogP contribution is 2.27. The zero-order valence-electron chi connectivity index (χ0n) is 11.3. The maximum Gasteiger partial charge on any atom is 0.255 e. The Bertz CT molecular complexity index is 535. The van der Waals surface area contributed by atoms with Crippen LogP contribution in [0.3, 0.4) is 0 Å². The van der Waals surface area contributed by atoms with Crippen LogP contribution in [0.15, 0.2) is 29.2 Å². The van der Waals surface area contributed by atoms with Crippen LogP contribution in [0.4, 0.5) is 14.5 Å². The largest absolute Gasteiger partial charge is 0.395 e. The van der Waals surface area contributed by atoms with Crippen LogP contribution in [0.5, 0.6) is 0 Å². The predicted octanol–water partition coefficient (Wildman–Crippen LogP) is 1.00. The molecule has 0 spiro atoms. The van der Waals surface area contributed by atoms with Crippen LogP contribution >= 0.6 is 0 Å². The van der Waals surface area contributed by atoms with Crippen molar-refractivity contribution in [1.82, 2.24) is 4.31 Å². The van der Waals surface area contributed by atoms with E-state index in [1.807, 2.05) is 0 Å². The van der Waals surface area contributed by atoms with Crippen molar-refractivity contribution in [3.05, 3.63) is 24.3 Å². The number of aliphatic hydroxyl groups is 1. The van der Waals surface area contributed by atoms with Gasteiger partial charge in [-0.3, -0.25) is 0 Å². The highest BCUT2D eigenvalue weighted by molar-refractivity contribution is 7.89. The number of anilines is 1. The standard InChI is InChI=1S/C12H18F2N2O3S/c1-15(2)20(18,19)11-6-4-3-5-10(11)16(7-8-17)9-12(13)14/h3-6,12,17H,7-9H2,1-2H3. The Morgan fingerprint density at radius 3 is 2.35 bits per heavy atom. The third-order valence-corrected chi connectivity index (χ3v) is 4.56. The van der Waals surface area contributed by atoms with Crippen molar-refractivity contribution < 1.29 is 22.3 Å². The molecule has 1 aromatic rings. The number of aliphatic hydroxyl groups excluding tert-OH is 1. The Morgan fingerprint density at radius 2 is 1.85 bits per heavy atom. The Kier molecular flexibility index (Phi) is 5.85. The second-order valence-electron chi connectivity index (χ2n) is 4.32. The summed E-state index contributed by atoms with van der Waals surface area (Å²) in [5, 5.41) is 8.97. The third kappa shape index (κ3) is 3.87. The van der Waals surface area contributed by atoms with Gasteiger partial charge in [-0.15, -0.1) is 0 Å². The van der Waals surface area contributed by atoms with Gasteiger partial charge in [-0.25, -0.2) is 21.5 Å². The molecule has 1 N–H and O–H groups in total. The van der Waals surface area contributed by atoms with Crippen LogP contribution in [-0.4, -0.2) is 58.0 Å². The van der Waals surface area contributed by atoms with Crippen molar-refractivity contribution >= 4 is 15.7 Å². The Hall–Kier alpha value is -1.25. The average molecular weight is 308 g/mol. The summed E-state index contributed by atoms with van der Waals surface area (Å²) in [4.78, 5) is 1.11. The molecule has 0 saturated carbocycles. The number of hydrogen-bond donors (Lipinski definition) is 1. The number of hydrogen-bond acceptors (Lipinski definition) is 4. The molecule has 0 aromatic heterocycles. The van der Waals surface area contributed by atoms with Gasteiger partial charge in [0.05, 0.1) is 18.8 Å². The molecule has 114 valence electrons. The van der Waals surface area contributed by atoms with E-state index in [1.165, 1.54) is 37.2 Å². The first-order valence-corrected chi connectivity index (χ1v) is 7.40. The maximum absolute atomic E-state index is 12.6. The molecule has 1 rings (SSSR count). The van der Waals surface area contributed by atoms with Gasteiger partial charge in [0, 0.05) is 20.6 Å². The second-order valence-corrected chi connectivity index (χ2v) is 6.44. The fourth-order valence-electron chi connectivity index (χ4n) is 1.73. The summed E-state index contributed by atoms with van der Waals surface area (Å²) in [6, 6.07) is 5.91. The topological polar surface area (TPSA) is 60.9 Å². The smallest absolute Gasteiger partial charge is 0.255 e. The molecule has 0 atom stereocenters. The average Bonchev–Trinajstić information content (AvgIpc) is 2.37. The molecule has 20 heavy (non-hydrogen) atoms. The Labute approximate surface area is 117 Å². The summed E-state index contributed by atoms with van der Waals surface area (Å²) in [5.74, 6) is 0. The predicted molar refractivity (Wildman–Crippen MR) is 72.6 cm³/mol. The van der Waals surface area contributed by atoms with E-state index in [2.05, 4.69) is 0 Å². The highest BCUT2D eigenvalue weighted by Gasteiger charge is 2.24. The van der Waals surface area contributed by atoms with Gasteiger partial charge in [0.2, 0.25) is 10.0 Å². The fraction of sp³-hybridized carbons (Fsp3) is 0.500. The van der Waals surface area contributed by atoms with Gasteiger partial charge in [0.25, 0.3) is 6.43 Å². The lowest BCUT2D eigenvalue weighted by atomic mass is 10.3. The molecule has 8 heteroatoms. The van der Waals surface area contributed by atoms with E-state index in [4.69, 9.17) is 5.11 Å². The number of sulfonamides is 1. The summed E-state index contributed by atoms with van der Waals surface area (Å²) < 4.78 is 50.6. The van der Waals surface area contributed by atoms with E-state index >= 15 is 0 Å². The van der Waals surface area contributed by atoms with Crippen LogP contribution in [0.2, 0.25) is 0 Å². The molecule has 0 unspecified atom stereocenters. The molecule has 0 aliphatic carbocycles. The van der Waals surface area contributed by atoms with Crippen LogP contribution in [0.1, 0.15) is 0 Å². The van der Waals surface area contributed by atoms with Crippen molar-refractivity contribution in [2.24, 2.45) is 0 Å². The Balaban J connectivity index is 3.29. The van der Waals surface area contributed by atoms with Gasteiger partial charge in [-0.05, 0) is 12.1 Å². The monoisotopic (exact) mass is 308 g/mol. The number of rotatable bonds is 7. The first-order valence-electron chi connectivity index (χ1n) is 5.96. The van der Waals surface area contributed by atoms with Gasteiger partial charge in [0.15, 0.2) is 0 Å². The SMILES string of the molecule is CN(C)S(=O)(=O)c1ccccc1N(CCO)CC(F)F. The van der Waals surface area contributed by atoms with E-state index < -0.39 is 23.0 Å². The molecular weight excluding hydrogens is 290 g/mol. The van der Waals surface area contributed by atoms with E-state index in [9.17, 15) is 17.2 Å². The van der Waals surface area contributed by atoms with Crippen molar-refractivity contribution in [3.63, 3.8) is 0 Å². The molecule has 5 nitrogen and oxygen atoms in total. The lowest BCUT2D eigenvalue weighted by molar-refractivity contribution is 0.152. The molecule has 0 saturated heterocycles. The van der Waals surface area contributed by atoms with Gasteiger partial charge >= 0.3 is 0 Å². The minimum atomic E-state index is -3.74. The van der Waals surface area contributed by atoms with E-state index in [1.54, 1.807) is 6.07 Å². The highest BCUT2D eigenvalue weighted by atomic mass is 32.2. The lowest BCUT2D eigenvalue weighted by Crippen LogP contribution is -2.34. The number of alkyl halides is 2. The quantitative estimate of drug-likeness (QED) is 0.816. The minimum absolute atomic E-state index is 0.0564. The molecule has 0 amide bonds. The second kappa shape index (κ2) is 6.96. The summed E-state index contributed by atoms with van der Waals surface area (Å²) in [6.07, 6.45) is -2.63. The van der Waals surface area contributed by atoms with Crippen molar-refractivity contribution in [1.29, 1.82) is 0 Å². The first kappa shape index (κ1) is 16.8. The van der Waals surface area contributed by atoms with Crippen LogP contribution in [-0.2, 0) is 10.0 Å². The summed E-state index contributed by atoms with van der Waals surface area (Å²) in [5.41, 5.74) is 0.163. The van der Waals surface area contributed by atoms with E-state index in [-0.39, 0.29) is 23.7 Å². The molecule has 0 fully saturated rings. The van der Waals surface area contributed by atoms with Crippen LogP contribution in [0.25, 0.3) is 0 Å². The van der Waals surface area contributed by atoms with Crippen molar-refractivity contribution in [3.8, 4) is 0 Å². The number of benzene rings is 1. The zero-order chi connectivity index (χ0) is 15.3. The zero-order valence-corrected chi connectivity index (χ0v) is 12.1. The van der Waals surface area contributed by atoms with Crippen LogP contribution < -0.4 is 4.90 Å². The van der Waals surface area contributed by atoms with E-state index in [0.717, 1.165) is 4.31 Å². The molecular formula is C12H18F2N2O3S. The summed E-state index contributed by atoms with van der Waals surface area (Å²) >= 11 is 0. The first-order chi connectivity index (χ1) is 9.30. The summed E-state index contributed by atoms with van der Waals surface area (Å²) in [7, 11) is -1.00. The molecule has 0 aliphatic heterocycles. The van der Waals surface area contributed by atoms with Gasteiger partial charge in [-0.1, -0.05) is 12.1 Å². The molecule has 0 aliphatic rings. The Morgan fingerprint density at radius 1 is 1.25 bits per heavy atom. The van der Waals surface area contributed by atoms with Crippen molar-refractivity contribution in [2.75, 3.05) is 38.7 Å². The van der Waals surface area contributed by atoms with Crippen molar-refractivity contribution in [2.45, 2.75) is 11.3 Å². The summed E-state index contributed by atoms with van der Waals surface area (Å²) in [6.45, 7) is -1.05. The number of halogens is 2. The number of nitrogens with zero attached hydrogens (tertiary/aromatic N) is 2. The lowest BCUT2D eigenvalue weighted by Gasteiger charge is -2.26. The molecule has 0 bridgehead atoms. The number of para-hydroxylation sites is 1. The molecule has 0 heterocycles. The molecule has 0 radical (unpaired) electrons. The molecule has 1 aromatic carbocycles. The normalized spacial score (nSPS) is 12.2. The minimum Gasteiger partial charge on any atom is -0.395 e. The maximum atomic E-state index is 12.6. The van der Waals surface area contributed by atoms with E-state index in [0.29, 0.717) is 0 Å². The van der Waals surface area contributed by atoms with Gasteiger partial charge in [-0.2, -0.15) is 0 Å². The van der Waals surface area contributed by atoms with Gasteiger partial charge < -0.3 is 10.0 Å². The third-order valence-electron chi connectivity index (χ3n) is 2.69. The van der Waals surface area contributed by atoms with Gasteiger partial charge in [0.1, 0.15) is 4.90 Å².